The van der Waals surface area contributed by atoms with Gasteiger partial charge in [-0.15, -0.1) is 0 Å². The second kappa shape index (κ2) is 4.39. The minimum Gasteiger partial charge on any atom is -0.357 e. The summed E-state index contributed by atoms with van der Waals surface area (Å²) in [6.45, 7) is 4.65. The van der Waals surface area contributed by atoms with E-state index >= 15 is 0 Å². The molecule has 0 amide bonds. The standard InChI is InChI=1S/C8H15N5S/c1-5-7(4-10-8(14)11-9)6(2)13(3)12-5/h4,9H2,1-3H3,(H2,10,11,14). The third kappa shape index (κ3) is 2.21. The summed E-state index contributed by atoms with van der Waals surface area (Å²) >= 11 is 4.87. The zero-order valence-electron chi connectivity index (χ0n) is 8.59. The zero-order valence-corrected chi connectivity index (χ0v) is 9.40. The lowest BCUT2D eigenvalue weighted by atomic mass is 10.2. The van der Waals surface area contributed by atoms with Crippen molar-refractivity contribution in [3.05, 3.63) is 17.0 Å². The first-order chi connectivity index (χ1) is 6.56. The minimum absolute atomic E-state index is 0.438. The molecule has 1 aromatic rings. The second-order valence-corrected chi connectivity index (χ2v) is 3.51. The number of thiocarbonyl (C=S) groups is 1. The molecule has 0 saturated carbocycles. The molecule has 5 nitrogen and oxygen atoms in total. The van der Waals surface area contributed by atoms with Gasteiger partial charge in [0.1, 0.15) is 0 Å². The topological polar surface area (TPSA) is 67.9 Å². The maximum absolute atomic E-state index is 5.14. The molecule has 0 atom stereocenters. The van der Waals surface area contributed by atoms with E-state index in [-0.39, 0.29) is 0 Å². The van der Waals surface area contributed by atoms with E-state index in [9.17, 15) is 0 Å². The third-order valence-electron chi connectivity index (χ3n) is 2.22. The van der Waals surface area contributed by atoms with Crippen molar-refractivity contribution >= 4 is 17.3 Å². The van der Waals surface area contributed by atoms with Crippen LogP contribution in [0.5, 0.6) is 0 Å². The number of nitrogens with zero attached hydrogens (tertiary/aromatic N) is 2. The predicted octanol–water partition coefficient (Wildman–Crippen LogP) is -0.125. The largest absolute Gasteiger partial charge is 0.357 e. The van der Waals surface area contributed by atoms with Gasteiger partial charge in [0.25, 0.3) is 0 Å². The Balaban J connectivity index is 2.71. The van der Waals surface area contributed by atoms with E-state index < -0.39 is 0 Å². The number of hydrazine groups is 1. The van der Waals surface area contributed by atoms with E-state index in [1.54, 1.807) is 0 Å². The normalized spacial score (nSPS) is 10.0. The molecule has 1 aromatic heterocycles. The van der Waals surface area contributed by atoms with Crippen LogP contribution in [-0.4, -0.2) is 14.9 Å². The molecule has 0 aromatic carbocycles. The Bertz CT molecular complexity index is 344. The number of hydrogen-bond acceptors (Lipinski definition) is 3. The summed E-state index contributed by atoms with van der Waals surface area (Å²) in [7, 11) is 1.92. The van der Waals surface area contributed by atoms with E-state index in [0.717, 1.165) is 17.0 Å². The van der Waals surface area contributed by atoms with Gasteiger partial charge >= 0.3 is 0 Å². The lowest BCUT2D eigenvalue weighted by Gasteiger charge is -2.06. The number of nitrogens with one attached hydrogen (secondary N) is 2. The first-order valence-corrected chi connectivity index (χ1v) is 4.70. The summed E-state index contributed by atoms with van der Waals surface area (Å²) in [5.41, 5.74) is 5.68. The van der Waals surface area contributed by atoms with Gasteiger partial charge in [0.15, 0.2) is 5.11 Å². The van der Waals surface area contributed by atoms with Gasteiger partial charge in [-0.05, 0) is 26.1 Å². The monoisotopic (exact) mass is 213 g/mol. The van der Waals surface area contributed by atoms with Crippen LogP contribution in [0, 0.1) is 13.8 Å². The van der Waals surface area contributed by atoms with Crippen LogP contribution in [0.2, 0.25) is 0 Å². The molecule has 6 heteroatoms. The van der Waals surface area contributed by atoms with E-state index in [4.69, 9.17) is 18.1 Å². The minimum atomic E-state index is 0.438. The Morgan fingerprint density at radius 3 is 2.64 bits per heavy atom. The summed E-state index contributed by atoms with van der Waals surface area (Å²) in [6.07, 6.45) is 0. The van der Waals surface area contributed by atoms with Crippen LogP contribution in [0.4, 0.5) is 0 Å². The number of aromatic nitrogens is 2. The molecule has 0 aliphatic carbocycles. The van der Waals surface area contributed by atoms with Gasteiger partial charge in [-0.25, -0.2) is 5.84 Å². The second-order valence-electron chi connectivity index (χ2n) is 3.10. The molecule has 4 N–H and O–H groups in total. The van der Waals surface area contributed by atoms with Gasteiger partial charge in [-0.2, -0.15) is 5.10 Å². The average molecular weight is 213 g/mol. The smallest absolute Gasteiger partial charge is 0.180 e. The van der Waals surface area contributed by atoms with Crippen LogP contribution in [0.1, 0.15) is 17.0 Å². The van der Waals surface area contributed by atoms with Gasteiger partial charge in [0.2, 0.25) is 0 Å². The van der Waals surface area contributed by atoms with E-state index in [1.807, 2.05) is 25.6 Å². The maximum atomic E-state index is 5.14. The summed E-state index contributed by atoms with van der Waals surface area (Å²) < 4.78 is 1.85. The summed E-state index contributed by atoms with van der Waals surface area (Å²) in [4.78, 5) is 0. The highest BCUT2D eigenvalue weighted by molar-refractivity contribution is 7.80. The fourth-order valence-electron chi connectivity index (χ4n) is 1.29. The van der Waals surface area contributed by atoms with E-state index in [1.165, 1.54) is 0 Å². The van der Waals surface area contributed by atoms with Crippen molar-refractivity contribution in [2.24, 2.45) is 12.9 Å². The van der Waals surface area contributed by atoms with Gasteiger partial charge in [-0.3, -0.25) is 4.68 Å². The lowest BCUT2D eigenvalue weighted by molar-refractivity contribution is 0.729. The quantitative estimate of drug-likeness (QED) is 0.363. The van der Waals surface area contributed by atoms with Crippen molar-refractivity contribution in [2.45, 2.75) is 20.4 Å². The first-order valence-electron chi connectivity index (χ1n) is 4.29. The maximum Gasteiger partial charge on any atom is 0.180 e. The molecule has 0 radical (unpaired) electrons. The van der Waals surface area contributed by atoms with Crippen LogP contribution in [0.3, 0.4) is 0 Å². The summed E-state index contributed by atoms with van der Waals surface area (Å²) in [5.74, 6) is 5.14. The molecule has 1 rings (SSSR count). The van der Waals surface area contributed by atoms with Crippen molar-refractivity contribution in [3.63, 3.8) is 0 Å². The van der Waals surface area contributed by atoms with E-state index in [0.29, 0.717) is 11.7 Å². The highest BCUT2D eigenvalue weighted by Gasteiger charge is 2.08. The molecular formula is C8H15N5S. The number of hydrogen-bond donors (Lipinski definition) is 3. The Morgan fingerprint density at radius 1 is 1.57 bits per heavy atom. The molecule has 1 heterocycles. The Labute approximate surface area is 88.6 Å². The Morgan fingerprint density at radius 2 is 2.21 bits per heavy atom. The molecule has 0 spiro atoms. The highest BCUT2D eigenvalue weighted by atomic mass is 32.1. The van der Waals surface area contributed by atoms with Crippen molar-refractivity contribution in [1.82, 2.24) is 20.5 Å². The number of aryl methyl sites for hydroxylation is 2. The third-order valence-corrected chi connectivity index (χ3v) is 2.48. The van der Waals surface area contributed by atoms with Crippen LogP contribution in [0.15, 0.2) is 0 Å². The molecule has 0 unspecified atom stereocenters. The lowest BCUT2D eigenvalue weighted by Crippen LogP contribution is -2.39. The van der Waals surface area contributed by atoms with Crippen molar-refractivity contribution < 1.29 is 0 Å². The highest BCUT2D eigenvalue weighted by Crippen LogP contribution is 2.10. The molecule has 0 aliphatic rings. The Kier molecular flexibility index (Phi) is 3.43. The average Bonchev–Trinajstić information content (AvgIpc) is 2.39. The van der Waals surface area contributed by atoms with Crippen LogP contribution >= 0.6 is 12.2 Å². The molecule has 78 valence electrons. The zero-order chi connectivity index (χ0) is 10.7. The summed E-state index contributed by atoms with van der Waals surface area (Å²) in [5, 5.41) is 7.72. The summed E-state index contributed by atoms with van der Waals surface area (Å²) in [6, 6.07) is 0. The number of rotatable bonds is 2. The van der Waals surface area contributed by atoms with Crippen LogP contribution in [0.25, 0.3) is 0 Å². The Hall–Kier alpha value is -1.14. The van der Waals surface area contributed by atoms with Gasteiger partial charge in [0.05, 0.1) is 5.69 Å². The van der Waals surface area contributed by atoms with Crippen LogP contribution < -0.4 is 16.6 Å². The van der Waals surface area contributed by atoms with Crippen LogP contribution in [-0.2, 0) is 13.6 Å². The van der Waals surface area contributed by atoms with Crippen molar-refractivity contribution in [1.29, 1.82) is 0 Å². The van der Waals surface area contributed by atoms with E-state index in [2.05, 4.69) is 15.8 Å². The molecular weight excluding hydrogens is 198 g/mol. The van der Waals surface area contributed by atoms with Gasteiger partial charge < -0.3 is 10.7 Å². The van der Waals surface area contributed by atoms with Crippen molar-refractivity contribution in [3.8, 4) is 0 Å². The SMILES string of the molecule is Cc1nn(C)c(C)c1CNC(=S)NN. The first kappa shape index (κ1) is 10.9. The molecule has 0 fully saturated rings. The molecule has 14 heavy (non-hydrogen) atoms. The molecule has 0 saturated heterocycles. The fourth-order valence-corrected chi connectivity index (χ4v) is 1.37. The van der Waals surface area contributed by atoms with Gasteiger partial charge in [0, 0.05) is 24.8 Å². The fraction of sp³-hybridized carbons (Fsp3) is 0.500. The molecule has 0 bridgehead atoms. The van der Waals surface area contributed by atoms with Crippen molar-refractivity contribution in [2.75, 3.05) is 0 Å². The van der Waals surface area contributed by atoms with Gasteiger partial charge in [-0.1, -0.05) is 0 Å². The number of nitrogens with two attached hydrogens (primary N) is 1. The molecule has 0 aliphatic heterocycles. The predicted molar refractivity (Wildman–Crippen MR) is 59.4 cm³/mol.